The highest BCUT2D eigenvalue weighted by molar-refractivity contribution is 8.15. The van der Waals surface area contributed by atoms with Gasteiger partial charge in [-0.3, -0.25) is 0 Å². The van der Waals surface area contributed by atoms with Crippen LogP contribution in [0.3, 0.4) is 0 Å². The summed E-state index contributed by atoms with van der Waals surface area (Å²) in [6, 6.07) is 14.4. The van der Waals surface area contributed by atoms with Crippen LogP contribution < -0.4 is 4.43 Å². The van der Waals surface area contributed by atoms with Crippen molar-refractivity contribution < 1.29 is 13.2 Å². The first-order chi connectivity index (χ1) is 14.9. The lowest BCUT2D eigenvalue weighted by molar-refractivity contribution is 0.388. The lowest BCUT2D eigenvalue weighted by atomic mass is 10.1. The van der Waals surface area contributed by atoms with Crippen LogP contribution in [0.2, 0.25) is 19.6 Å². The van der Waals surface area contributed by atoms with Gasteiger partial charge in [-0.15, -0.1) is 0 Å². The van der Waals surface area contributed by atoms with E-state index in [9.17, 15) is 4.39 Å². The molecular formula is C25H33FNO2PSSi. The monoisotopic (exact) mass is 489 g/mol. The molecule has 3 nitrogen and oxygen atoms in total. The van der Waals surface area contributed by atoms with Crippen molar-refractivity contribution in [3.05, 3.63) is 71.7 Å². The summed E-state index contributed by atoms with van der Waals surface area (Å²) in [6.07, 6.45) is 0. The Labute approximate surface area is 197 Å². The van der Waals surface area contributed by atoms with Gasteiger partial charge in [0.25, 0.3) is 5.95 Å². The second-order valence-electron chi connectivity index (χ2n) is 9.68. The zero-order valence-electron chi connectivity index (χ0n) is 19.9. The van der Waals surface area contributed by atoms with Gasteiger partial charge in [0.15, 0.2) is 0 Å². The van der Waals surface area contributed by atoms with E-state index < -0.39 is 14.4 Å². The zero-order chi connectivity index (χ0) is 23.7. The average molecular weight is 490 g/mol. The highest BCUT2D eigenvalue weighted by Gasteiger charge is 2.41. The van der Waals surface area contributed by atoms with Crippen molar-refractivity contribution in [2.75, 3.05) is 0 Å². The number of rotatable bonds is 8. The largest absolute Gasteiger partial charge is 0.518 e. The van der Waals surface area contributed by atoms with Gasteiger partial charge in [0, 0.05) is 5.56 Å². The molecule has 0 radical (unpaired) electrons. The molecule has 0 aliphatic rings. The molecule has 0 amide bonds. The highest BCUT2D eigenvalue weighted by atomic mass is 32.4. The molecule has 0 bridgehead atoms. The molecule has 1 unspecified atom stereocenters. The number of nitrogens with zero attached hydrogens (tertiary/aromatic N) is 1. The Hall–Kier alpha value is -1.75. The Morgan fingerprint density at radius 1 is 0.938 bits per heavy atom. The van der Waals surface area contributed by atoms with E-state index in [0.29, 0.717) is 11.8 Å². The third kappa shape index (κ3) is 5.24. The number of benzene rings is 2. The van der Waals surface area contributed by atoms with E-state index >= 15 is 0 Å². The molecular weight excluding hydrogens is 456 g/mol. The molecule has 0 saturated carbocycles. The minimum Gasteiger partial charge on any atom is -0.518 e. The average Bonchev–Trinajstić information content (AvgIpc) is 3.11. The number of aromatic nitrogens is 1. The van der Waals surface area contributed by atoms with Gasteiger partial charge in [0.1, 0.15) is 11.5 Å². The van der Waals surface area contributed by atoms with Crippen molar-refractivity contribution in [3.8, 4) is 17.4 Å². The summed E-state index contributed by atoms with van der Waals surface area (Å²) < 4.78 is 26.5. The van der Waals surface area contributed by atoms with E-state index in [4.69, 9.17) is 25.6 Å². The summed E-state index contributed by atoms with van der Waals surface area (Å²) in [4.78, 5) is 4.99. The van der Waals surface area contributed by atoms with Crippen LogP contribution >= 0.6 is 6.04 Å². The Bertz CT molecular complexity index is 1080. The van der Waals surface area contributed by atoms with Crippen LogP contribution in [-0.4, -0.2) is 24.6 Å². The Balaban J connectivity index is 2.30. The lowest BCUT2D eigenvalue weighted by Crippen LogP contribution is -2.30. The molecule has 1 aromatic heterocycles. The SMILES string of the molecule is CC(C)P(=S)(C(C)C)C(c1ccc(F)cc1)c1nc(-c2ccccc2)oc1O[Si](C)(C)C. The van der Waals surface area contributed by atoms with Crippen molar-refractivity contribution in [2.24, 2.45) is 0 Å². The topological polar surface area (TPSA) is 35.3 Å². The maximum Gasteiger partial charge on any atom is 0.296 e. The predicted molar refractivity (Wildman–Crippen MR) is 139 cm³/mol. The molecule has 0 spiro atoms. The molecule has 2 aromatic carbocycles. The van der Waals surface area contributed by atoms with E-state index in [1.54, 1.807) is 0 Å². The van der Waals surface area contributed by atoms with Gasteiger partial charge < -0.3 is 8.84 Å². The van der Waals surface area contributed by atoms with Crippen molar-refractivity contribution in [2.45, 2.75) is 64.3 Å². The summed E-state index contributed by atoms with van der Waals surface area (Å²) >= 11 is 6.49. The zero-order valence-corrected chi connectivity index (χ0v) is 22.6. The van der Waals surface area contributed by atoms with Crippen LogP contribution in [0.1, 0.15) is 44.6 Å². The summed E-state index contributed by atoms with van der Waals surface area (Å²) in [5, 5.41) is 0. The summed E-state index contributed by atoms with van der Waals surface area (Å²) in [7, 11) is -2.00. The molecule has 0 aliphatic heterocycles. The second kappa shape index (κ2) is 9.62. The van der Waals surface area contributed by atoms with E-state index in [1.807, 2.05) is 42.5 Å². The Kier molecular flexibility index (Phi) is 7.48. The quantitative estimate of drug-likeness (QED) is 0.237. The predicted octanol–water partition coefficient (Wildman–Crippen LogP) is 8.08. The normalized spacial score (nSPS) is 13.6. The third-order valence-corrected chi connectivity index (χ3v) is 14.0. The molecule has 3 rings (SSSR count). The first-order valence-corrected chi connectivity index (χ1v) is 17.4. The Morgan fingerprint density at radius 3 is 2.00 bits per heavy atom. The molecule has 32 heavy (non-hydrogen) atoms. The van der Waals surface area contributed by atoms with E-state index in [-0.39, 0.29) is 22.8 Å². The molecule has 1 heterocycles. The van der Waals surface area contributed by atoms with Crippen molar-refractivity contribution in [1.29, 1.82) is 0 Å². The van der Waals surface area contributed by atoms with Crippen LogP contribution in [0, 0.1) is 5.82 Å². The Morgan fingerprint density at radius 2 is 1.50 bits per heavy atom. The number of hydrogen-bond donors (Lipinski definition) is 0. The maximum absolute atomic E-state index is 13.8. The molecule has 1 atom stereocenters. The van der Waals surface area contributed by atoms with E-state index in [0.717, 1.165) is 16.8 Å². The van der Waals surface area contributed by atoms with E-state index in [2.05, 4.69) is 47.3 Å². The van der Waals surface area contributed by atoms with Gasteiger partial charge in [-0.2, -0.15) is 0 Å². The van der Waals surface area contributed by atoms with Crippen LogP contribution in [0.4, 0.5) is 4.39 Å². The van der Waals surface area contributed by atoms with Gasteiger partial charge in [0.2, 0.25) is 14.2 Å². The molecule has 0 N–H and O–H groups in total. The second-order valence-corrected chi connectivity index (χ2v) is 20.1. The fourth-order valence-corrected chi connectivity index (χ4v) is 8.90. The minimum absolute atomic E-state index is 0.189. The summed E-state index contributed by atoms with van der Waals surface area (Å²) in [6.45, 7) is 15.1. The van der Waals surface area contributed by atoms with Crippen molar-refractivity contribution in [1.82, 2.24) is 4.98 Å². The molecule has 3 aromatic rings. The van der Waals surface area contributed by atoms with Crippen molar-refractivity contribution in [3.63, 3.8) is 0 Å². The third-order valence-electron chi connectivity index (χ3n) is 5.50. The van der Waals surface area contributed by atoms with E-state index in [1.165, 1.54) is 12.1 Å². The van der Waals surface area contributed by atoms with Gasteiger partial charge in [0.05, 0.1) is 5.66 Å². The van der Waals surface area contributed by atoms with Crippen LogP contribution in [0.15, 0.2) is 59.0 Å². The molecule has 0 saturated heterocycles. The fraction of sp³-hybridized carbons (Fsp3) is 0.400. The van der Waals surface area contributed by atoms with Gasteiger partial charge >= 0.3 is 0 Å². The number of hydrogen-bond acceptors (Lipinski definition) is 4. The summed E-state index contributed by atoms with van der Waals surface area (Å²) in [5.41, 5.74) is 2.94. The number of halogens is 1. The number of oxazole rings is 1. The minimum atomic E-state index is -2.08. The standard InChI is InChI=1S/C25H33FNO2PSSi/c1-17(2)30(31,18(3)4)23(19-13-15-21(26)16-14-19)22-25(29-32(5,6)7)28-24(27-22)20-11-9-8-10-12-20/h8-18,23H,1-7H3. The smallest absolute Gasteiger partial charge is 0.296 e. The first kappa shape index (κ1) is 24.9. The van der Waals surface area contributed by atoms with Gasteiger partial charge in [-0.1, -0.05) is 69.8 Å². The molecule has 0 aliphatic carbocycles. The lowest BCUT2D eigenvalue weighted by Gasteiger charge is -2.37. The van der Waals surface area contributed by atoms with Crippen LogP contribution in [-0.2, 0) is 11.8 Å². The van der Waals surface area contributed by atoms with Gasteiger partial charge in [-0.25, -0.2) is 9.37 Å². The maximum atomic E-state index is 13.8. The van der Waals surface area contributed by atoms with Crippen LogP contribution in [0.5, 0.6) is 5.95 Å². The van der Waals surface area contributed by atoms with Crippen LogP contribution in [0.25, 0.3) is 11.5 Å². The molecule has 7 heteroatoms. The van der Waals surface area contributed by atoms with Crippen molar-refractivity contribution >= 4 is 26.2 Å². The molecule has 0 fully saturated rings. The van der Waals surface area contributed by atoms with Gasteiger partial charge in [-0.05, 0) is 66.8 Å². The fourth-order valence-electron chi connectivity index (χ4n) is 3.97. The molecule has 172 valence electrons. The summed E-state index contributed by atoms with van der Waals surface area (Å²) in [5.74, 6) is 0.710. The first-order valence-electron chi connectivity index (χ1n) is 11.0. The highest BCUT2D eigenvalue weighted by Crippen LogP contribution is 2.69.